The number of hydrogen-bond acceptors (Lipinski definition) is 4. The number of methoxy groups -OCH3 is 1. The van der Waals surface area contributed by atoms with Gasteiger partial charge < -0.3 is 9.64 Å². The van der Waals surface area contributed by atoms with Gasteiger partial charge in [0.25, 0.3) is 0 Å². The molecule has 0 bridgehead atoms. The van der Waals surface area contributed by atoms with Gasteiger partial charge in [-0.1, -0.05) is 13.0 Å². The minimum Gasteiger partial charge on any atom is -0.497 e. The Labute approximate surface area is 132 Å². The Balaban J connectivity index is 2.76. The van der Waals surface area contributed by atoms with E-state index in [2.05, 4.69) is 4.72 Å². The van der Waals surface area contributed by atoms with Crippen molar-refractivity contribution in [1.82, 2.24) is 4.90 Å². The van der Waals surface area contributed by atoms with Gasteiger partial charge in [0.15, 0.2) is 0 Å². The first-order valence-electron chi connectivity index (χ1n) is 7.26. The Kier molecular flexibility index (Phi) is 6.67. The molecule has 1 aromatic rings. The molecule has 0 radical (unpaired) electrons. The van der Waals surface area contributed by atoms with Crippen LogP contribution in [0.3, 0.4) is 0 Å². The Morgan fingerprint density at radius 3 is 2.50 bits per heavy atom. The second-order valence-electron chi connectivity index (χ2n) is 5.03. The minimum atomic E-state index is -3.61. The van der Waals surface area contributed by atoms with Gasteiger partial charge in [-0.05, 0) is 26.0 Å². The molecule has 0 saturated carbocycles. The molecule has 1 atom stereocenters. The van der Waals surface area contributed by atoms with Crippen LogP contribution < -0.4 is 9.46 Å². The average Bonchev–Trinajstić information content (AvgIpc) is 2.47. The zero-order valence-corrected chi connectivity index (χ0v) is 14.3. The molecule has 0 aliphatic rings. The third kappa shape index (κ3) is 5.22. The topological polar surface area (TPSA) is 75.7 Å². The van der Waals surface area contributed by atoms with Crippen LogP contribution in [0.15, 0.2) is 24.3 Å². The maximum atomic E-state index is 12.2. The standard InChI is InChI=1S/C15H24N2O4S/c1-5-17(6-2)15(18)12(3)11-22(19,20)16-13-8-7-9-14(10-13)21-4/h7-10,12,16H,5-6,11H2,1-4H3. The summed E-state index contributed by atoms with van der Waals surface area (Å²) >= 11 is 0. The number of anilines is 1. The molecule has 1 N–H and O–H groups in total. The minimum absolute atomic E-state index is 0.152. The summed E-state index contributed by atoms with van der Waals surface area (Å²) in [7, 11) is -2.09. The van der Waals surface area contributed by atoms with Gasteiger partial charge in [0.05, 0.1) is 24.5 Å². The van der Waals surface area contributed by atoms with Crippen LogP contribution in [0.1, 0.15) is 20.8 Å². The lowest BCUT2D eigenvalue weighted by Gasteiger charge is -2.22. The average molecular weight is 328 g/mol. The molecule has 124 valence electrons. The van der Waals surface area contributed by atoms with E-state index in [1.54, 1.807) is 36.1 Å². The first-order valence-corrected chi connectivity index (χ1v) is 8.91. The van der Waals surface area contributed by atoms with E-state index < -0.39 is 15.9 Å². The molecular weight excluding hydrogens is 304 g/mol. The van der Waals surface area contributed by atoms with E-state index in [0.29, 0.717) is 24.5 Å². The number of rotatable bonds is 8. The van der Waals surface area contributed by atoms with E-state index in [1.165, 1.54) is 7.11 Å². The fourth-order valence-corrected chi connectivity index (χ4v) is 3.53. The molecule has 1 amide bonds. The summed E-state index contributed by atoms with van der Waals surface area (Å²) < 4.78 is 31.9. The van der Waals surface area contributed by atoms with Crippen molar-refractivity contribution in [3.8, 4) is 5.75 Å². The lowest BCUT2D eigenvalue weighted by molar-refractivity contribution is -0.133. The van der Waals surface area contributed by atoms with Crippen molar-refractivity contribution in [2.24, 2.45) is 5.92 Å². The van der Waals surface area contributed by atoms with Gasteiger partial charge in [-0.15, -0.1) is 0 Å². The quantitative estimate of drug-likeness (QED) is 0.791. The van der Waals surface area contributed by atoms with Gasteiger partial charge in [0.1, 0.15) is 5.75 Å². The highest BCUT2D eigenvalue weighted by Crippen LogP contribution is 2.18. The highest BCUT2D eigenvalue weighted by molar-refractivity contribution is 7.92. The van der Waals surface area contributed by atoms with E-state index in [1.807, 2.05) is 13.8 Å². The van der Waals surface area contributed by atoms with E-state index >= 15 is 0 Å². The zero-order chi connectivity index (χ0) is 16.8. The second kappa shape index (κ2) is 8.03. The fourth-order valence-electron chi connectivity index (χ4n) is 2.16. The molecule has 7 heteroatoms. The van der Waals surface area contributed by atoms with Crippen LogP contribution in [0.5, 0.6) is 5.75 Å². The van der Waals surface area contributed by atoms with Gasteiger partial charge >= 0.3 is 0 Å². The first-order chi connectivity index (χ1) is 10.3. The Bertz CT molecular complexity index is 597. The predicted octanol–water partition coefficient (Wildman–Crippen LogP) is 1.94. The molecule has 0 aliphatic carbocycles. The van der Waals surface area contributed by atoms with Gasteiger partial charge in [-0.3, -0.25) is 9.52 Å². The number of hydrogen-bond donors (Lipinski definition) is 1. The number of sulfonamides is 1. The van der Waals surface area contributed by atoms with Crippen LogP contribution in [0, 0.1) is 5.92 Å². The monoisotopic (exact) mass is 328 g/mol. The van der Waals surface area contributed by atoms with Crippen molar-refractivity contribution in [2.45, 2.75) is 20.8 Å². The van der Waals surface area contributed by atoms with E-state index in [4.69, 9.17) is 4.74 Å². The first kappa shape index (κ1) is 18.3. The maximum absolute atomic E-state index is 12.2. The lowest BCUT2D eigenvalue weighted by atomic mass is 10.2. The Morgan fingerprint density at radius 1 is 1.32 bits per heavy atom. The number of carbonyl (C=O) groups is 1. The van der Waals surface area contributed by atoms with Crippen molar-refractivity contribution >= 4 is 21.6 Å². The van der Waals surface area contributed by atoms with E-state index in [9.17, 15) is 13.2 Å². The smallest absolute Gasteiger partial charge is 0.233 e. The molecule has 1 unspecified atom stereocenters. The summed E-state index contributed by atoms with van der Waals surface area (Å²) in [5.41, 5.74) is 0.418. The number of ether oxygens (including phenoxy) is 1. The van der Waals surface area contributed by atoms with Crippen molar-refractivity contribution < 1.29 is 17.9 Å². The SMILES string of the molecule is CCN(CC)C(=O)C(C)CS(=O)(=O)Nc1cccc(OC)c1. The van der Waals surface area contributed by atoms with Gasteiger partial charge in [0.2, 0.25) is 15.9 Å². The molecule has 0 heterocycles. The van der Waals surface area contributed by atoms with Crippen LogP contribution in [0.4, 0.5) is 5.69 Å². The normalized spacial score (nSPS) is 12.5. The van der Waals surface area contributed by atoms with Crippen molar-refractivity contribution in [1.29, 1.82) is 0 Å². The molecule has 6 nitrogen and oxygen atoms in total. The molecular formula is C15H24N2O4S. The molecule has 0 saturated heterocycles. The zero-order valence-electron chi connectivity index (χ0n) is 13.5. The van der Waals surface area contributed by atoms with Gasteiger partial charge in [-0.25, -0.2) is 8.42 Å². The van der Waals surface area contributed by atoms with Gasteiger partial charge in [0, 0.05) is 19.2 Å². The van der Waals surface area contributed by atoms with Crippen LogP contribution in [0.2, 0.25) is 0 Å². The summed E-state index contributed by atoms with van der Waals surface area (Å²) in [5.74, 6) is -0.434. The number of nitrogens with zero attached hydrogens (tertiary/aromatic N) is 1. The summed E-state index contributed by atoms with van der Waals surface area (Å²) in [5, 5.41) is 0. The summed E-state index contributed by atoms with van der Waals surface area (Å²) in [6.07, 6.45) is 0. The Hall–Kier alpha value is -1.76. The lowest BCUT2D eigenvalue weighted by Crippen LogP contribution is -2.38. The molecule has 0 aromatic heterocycles. The van der Waals surface area contributed by atoms with Crippen LogP contribution in [-0.2, 0) is 14.8 Å². The van der Waals surface area contributed by atoms with Crippen molar-refractivity contribution in [3.63, 3.8) is 0 Å². The van der Waals surface area contributed by atoms with Crippen molar-refractivity contribution in [2.75, 3.05) is 30.7 Å². The van der Waals surface area contributed by atoms with Gasteiger partial charge in [-0.2, -0.15) is 0 Å². The Morgan fingerprint density at radius 2 is 1.95 bits per heavy atom. The summed E-state index contributed by atoms with van der Waals surface area (Å²) in [6, 6.07) is 6.65. The molecule has 0 spiro atoms. The number of amides is 1. The highest BCUT2D eigenvalue weighted by atomic mass is 32.2. The number of benzene rings is 1. The molecule has 1 rings (SSSR count). The van der Waals surface area contributed by atoms with Crippen LogP contribution >= 0.6 is 0 Å². The van der Waals surface area contributed by atoms with Crippen LogP contribution in [0.25, 0.3) is 0 Å². The predicted molar refractivity (Wildman–Crippen MR) is 87.5 cm³/mol. The second-order valence-corrected chi connectivity index (χ2v) is 6.79. The van der Waals surface area contributed by atoms with Crippen molar-refractivity contribution in [3.05, 3.63) is 24.3 Å². The maximum Gasteiger partial charge on any atom is 0.233 e. The third-order valence-electron chi connectivity index (χ3n) is 3.31. The van der Waals surface area contributed by atoms with Crippen LogP contribution in [-0.4, -0.2) is 45.2 Å². The highest BCUT2D eigenvalue weighted by Gasteiger charge is 2.24. The number of carbonyl (C=O) groups excluding carboxylic acids is 1. The summed E-state index contributed by atoms with van der Waals surface area (Å²) in [6.45, 7) is 6.52. The fraction of sp³-hybridized carbons (Fsp3) is 0.533. The molecule has 0 aliphatic heterocycles. The molecule has 22 heavy (non-hydrogen) atoms. The number of nitrogens with one attached hydrogen (secondary N) is 1. The third-order valence-corrected chi connectivity index (χ3v) is 4.79. The van der Waals surface area contributed by atoms with E-state index in [-0.39, 0.29) is 11.7 Å². The molecule has 1 aromatic carbocycles. The summed E-state index contributed by atoms with van der Waals surface area (Å²) in [4.78, 5) is 13.8. The largest absolute Gasteiger partial charge is 0.497 e. The molecule has 0 fully saturated rings. The van der Waals surface area contributed by atoms with E-state index in [0.717, 1.165) is 0 Å².